The molecular formula is C2F2Na3O8P. The van der Waals surface area contributed by atoms with E-state index in [1.807, 2.05) is 0 Å². The van der Waals surface area contributed by atoms with Crippen molar-refractivity contribution in [1.29, 1.82) is 0 Å². The standard InChI is InChI=1S/C2F2O4.3Na.H3O4P/c3-7-1(5)2(6)8-4;;;;1-5(2,3)4/h;;;;(H3,1,2,3,4)/q;3*+1;/p-3. The molecule has 0 spiro atoms. The van der Waals surface area contributed by atoms with Crippen molar-refractivity contribution in [3.05, 3.63) is 0 Å². The summed E-state index contributed by atoms with van der Waals surface area (Å²) in [6.07, 6.45) is 0. The predicted molar refractivity (Wildman–Crippen MR) is 22.0 cm³/mol. The fourth-order valence-electron chi connectivity index (χ4n) is 0.0630. The molecule has 8 nitrogen and oxygen atoms in total. The zero-order valence-corrected chi connectivity index (χ0v) is 15.4. The molecular weight excluding hydrogens is 290 g/mol. The summed E-state index contributed by atoms with van der Waals surface area (Å²) >= 11 is 0. The second-order valence-corrected chi connectivity index (χ2v) is 2.07. The van der Waals surface area contributed by atoms with E-state index in [1.54, 1.807) is 0 Å². The van der Waals surface area contributed by atoms with Crippen LogP contribution < -0.4 is 103 Å². The molecule has 78 valence electrons. The first-order chi connectivity index (χ1) is 5.72. The van der Waals surface area contributed by atoms with Crippen LogP contribution in [0, 0.1) is 0 Å². The Hall–Kier alpha value is 1.91. The molecule has 0 aromatic rings. The van der Waals surface area contributed by atoms with Crippen LogP contribution in [0.15, 0.2) is 0 Å². The van der Waals surface area contributed by atoms with Gasteiger partial charge in [0.2, 0.25) is 0 Å². The average Bonchev–Trinajstić information content (AvgIpc) is 1.98. The van der Waals surface area contributed by atoms with Crippen molar-refractivity contribution in [1.82, 2.24) is 0 Å². The van der Waals surface area contributed by atoms with Gasteiger partial charge in [-0.25, -0.2) is 19.5 Å². The number of carbonyl (C=O) groups excluding carboxylic acids is 2. The van der Waals surface area contributed by atoms with Gasteiger partial charge in [0.1, 0.15) is 0 Å². The molecule has 0 heterocycles. The Morgan fingerprint density at radius 2 is 1.00 bits per heavy atom. The Kier molecular flexibility index (Phi) is 32.5. The van der Waals surface area contributed by atoms with Crippen molar-refractivity contribution in [3.63, 3.8) is 0 Å². The minimum atomic E-state index is -5.39. The first-order valence-corrected chi connectivity index (χ1v) is 3.57. The van der Waals surface area contributed by atoms with Crippen molar-refractivity contribution >= 4 is 19.8 Å². The van der Waals surface area contributed by atoms with E-state index in [2.05, 4.69) is 9.88 Å². The quantitative estimate of drug-likeness (QED) is 0.243. The molecule has 0 aliphatic rings. The van der Waals surface area contributed by atoms with E-state index in [9.17, 15) is 18.6 Å². The molecule has 0 bridgehead atoms. The largest absolute Gasteiger partial charge is 1.00 e. The molecule has 0 N–H and O–H groups in total. The predicted octanol–water partition coefficient (Wildman–Crippen LogP) is -12.0. The van der Waals surface area contributed by atoms with Gasteiger partial charge in [-0.2, -0.15) is 7.82 Å². The molecule has 0 fully saturated rings. The van der Waals surface area contributed by atoms with Gasteiger partial charge in [-0.15, -0.1) is 0 Å². The monoisotopic (exact) mass is 290 g/mol. The van der Waals surface area contributed by atoms with Crippen LogP contribution in [0.5, 0.6) is 0 Å². The van der Waals surface area contributed by atoms with Crippen LogP contribution in [0.25, 0.3) is 0 Å². The summed E-state index contributed by atoms with van der Waals surface area (Å²) < 4.78 is 29.6. The Morgan fingerprint density at radius 1 is 0.875 bits per heavy atom. The third-order valence-electron chi connectivity index (χ3n) is 0.307. The summed E-state index contributed by atoms with van der Waals surface area (Å²) in [5.74, 6) is -4.04. The Balaban J connectivity index is -0.0000000454. The van der Waals surface area contributed by atoms with Crippen LogP contribution in [-0.4, -0.2) is 11.9 Å². The van der Waals surface area contributed by atoms with Gasteiger partial charge in [-0.05, 0) is 0 Å². The maximum Gasteiger partial charge on any atom is 1.00 e. The van der Waals surface area contributed by atoms with Crippen molar-refractivity contribution in [2.45, 2.75) is 0 Å². The maximum atomic E-state index is 10.5. The summed E-state index contributed by atoms with van der Waals surface area (Å²) in [5.41, 5.74) is 0. The van der Waals surface area contributed by atoms with Crippen LogP contribution in [-0.2, 0) is 24.0 Å². The summed E-state index contributed by atoms with van der Waals surface area (Å²) in [6, 6.07) is 0. The number of hydrogen-bond acceptors (Lipinski definition) is 8. The minimum absolute atomic E-state index is 0. The van der Waals surface area contributed by atoms with Gasteiger partial charge in [-0.1, -0.05) is 0 Å². The van der Waals surface area contributed by atoms with Crippen molar-refractivity contribution in [3.8, 4) is 0 Å². The molecule has 16 heavy (non-hydrogen) atoms. The van der Waals surface area contributed by atoms with Gasteiger partial charge in [0, 0.05) is 9.05 Å². The Labute approximate surface area is 154 Å². The SMILES string of the molecule is O=C(OF)C(=O)OF.O=P([O-])([O-])[O-].[Na+].[Na+].[Na+]. The fraction of sp³-hybridized carbons (Fsp3) is 0. The molecule has 0 radical (unpaired) electrons. The molecule has 0 atom stereocenters. The van der Waals surface area contributed by atoms with Crippen LogP contribution in [0.3, 0.4) is 0 Å². The number of halogens is 2. The van der Waals surface area contributed by atoms with Crippen molar-refractivity contribution < 1.29 is 136 Å². The third-order valence-corrected chi connectivity index (χ3v) is 0.307. The first kappa shape index (κ1) is 30.7. The number of carbonyl (C=O) groups is 2. The molecule has 0 aromatic carbocycles. The summed E-state index contributed by atoms with van der Waals surface area (Å²) in [5, 5.41) is 0. The summed E-state index contributed by atoms with van der Waals surface area (Å²) in [7, 11) is -5.39. The van der Waals surface area contributed by atoms with Crippen LogP contribution in [0.1, 0.15) is 0 Å². The number of rotatable bonds is 0. The maximum absolute atomic E-state index is 10.5. The third kappa shape index (κ3) is 36.0. The fourth-order valence-corrected chi connectivity index (χ4v) is 0.0630. The van der Waals surface area contributed by atoms with Gasteiger partial charge in [-0.3, -0.25) is 0 Å². The van der Waals surface area contributed by atoms with Gasteiger partial charge >= 0.3 is 101 Å². The number of phosphoric acid groups is 1. The molecule has 0 rings (SSSR count). The molecule has 0 aliphatic heterocycles. The van der Waals surface area contributed by atoms with E-state index < -0.39 is 19.8 Å². The van der Waals surface area contributed by atoms with Crippen LogP contribution >= 0.6 is 7.82 Å². The molecule has 0 saturated carbocycles. The molecule has 0 aliphatic carbocycles. The molecule has 0 saturated heterocycles. The van der Waals surface area contributed by atoms with Gasteiger partial charge in [0.05, 0.1) is 0 Å². The Morgan fingerprint density at radius 3 is 1.06 bits per heavy atom. The number of hydrogen-bond donors (Lipinski definition) is 0. The normalized spacial score (nSPS) is 7.56. The second-order valence-electron chi connectivity index (χ2n) is 1.18. The molecule has 14 heteroatoms. The van der Waals surface area contributed by atoms with E-state index in [1.165, 1.54) is 0 Å². The zero-order valence-electron chi connectivity index (χ0n) is 8.47. The van der Waals surface area contributed by atoms with Gasteiger partial charge in [0.15, 0.2) is 0 Å². The smallest absolute Gasteiger partial charge is 0.822 e. The molecule has 0 amide bonds. The van der Waals surface area contributed by atoms with Crippen LogP contribution in [0.2, 0.25) is 0 Å². The summed E-state index contributed by atoms with van der Waals surface area (Å²) in [4.78, 5) is 49.0. The minimum Gasteiger partial charge on any atom is -0.822 e. The molecule has 0 aromatic heterocycles. The van der Waals surface area contributed by atoms with Gasteiger partial charge in [0.25, 0.3) is 0 Å². The Bertz CT molecular complexity index is 209. The second kappa shape index (κ2) is 16.9. The first-order valence-electron chi connectivity index (χ1n) is 2.11. The van der Waals surface area contributed by atoms with E-state index >= 15 is 0 Å². The van der Waals surface area contributed by atoms with Crippen molar-refractivity contribution in [2.75, 3.05) is 0 Å². The van der Waals surface area contributed by atoms with E-state index in [0.29, 0.717) is 0 Å². The van der Waals surface area contributed by atoms with Crippen LogP contribution in [0.4, 0.5) is 9.05 Å². The van der Waals surface area contributed by atoms with Crippen molar-refractivity contribution in [2.24, 2.45) is 0 Å². The van der Waals surface area contributed by atoms with E-state index in [-0.39, 0.29) is 88.7 Å². The topological polar surface area (TPSA) is 139 Å². The average molecular weight is 290 g/mol. The molecule has 0 unspecified atom stereocenters. The van der Waals surface area contributed by atoms with E-state index in [4.69, 9.17) is 19.2 Å². The van der Waals surface area contributed by atoms with Gasteiger partial charge < -0.3 is 19.2 Å². The van der Waals surface area contributed by atoms with E-state index in [0.717, 1.165) is 0 Å². The zero-order chi connectivity index (χ0) is 11.1. The summed E-state index contributed by atoms with van der Waals surface area (Å²) in [6.45, 7) is 0.